The number of rotatable bonds is 6. The summed E-state index contributed by atoms with van der Waals surface area (Å²) < 4.78 is 0. The zero-order valence-electron chi connectivity index (χ0n) is 10.7. The van der Waals surface area contributed by atoms with Crippen molar-refractivity contribution in [1.82, 2.24) is 20.1 Å². The highest BCUT2D eigenvalue weighted by atomic mass is 16.2. The largest absolute Gasteiger partial charge is 0.339 e. The van der Waals surface area contributed by atoms with Gasteiger partial charge >= 0.3 is 0 Å². The van der Waals surface area contributed by atoms with Crippen molar-refractivity contribution in [3.63, 3.8) is 0 Å². The van der Waals surface area contributed by atoms with E-state index < -0.39 is 0 Å². The number of H-pyrrole nitrogens is 1. The number of nitrogens with zero attached hydrogens (tertiary/aromatic N) is 3. The van der Waals surface area contributed by atoms with Crippen LogP contribution in [0.15, 0.2) is 12.7 Å². The molecule has 0 aromatic carbocycles. The van der Waals surface area contributed by atoms with Crippen LogP contribution >= 0.6 is 0 Å². The Morgan fingerprint density at radius 3 is 2.82 bits per heavy atom. The Hall–Kier alpha value is -1.65. The zero-order chi connectivity index (χ0) is 12.8. The molecule has 94 valence electrons. The van der Waals surface area contributed by atoms with Gasteiger partial charge in [0.1, 0.15) is 5.82 Å². The molecule has 0 aliphatic rings. The first-order valence-electron chi connectivity index (χ1n) is 5.85. The molecule has 0 atom stereocenters. The second-order valence-corrected chi connectivity index (χ2v) is 4.36. The molecule has 5 heteroatoms. The van der Waals surface area contributed by atoms with Crippen molar-refractivity contribution in [1.29, 1.82) is 0 Å². The smallest absolute Gasteiger partial charge is 0.293 e. The Bertz CT molecular complexity index is 384. The third-order valence-corrected chi connectivity index (χ3v) is 2.49. The zero-order valence-corrected chi connectivity index (χ0v) is 10.7. The van der Waals surface area contributed by atoms with Gasteiger partial charge in [-0.2, -0.15) is 0 Å². The van der Waals surface area contributed by atoms with E-state index >= 15 is 0 Å². The second kappa shape index (κ2) is 6.18. The van der Waals surface area contributed by atoms with E-state index in [2.05, 4.69) is 21.8 Å². The average Bonchev–Trinajstić information content (AvgIpc) is 2.77. The molecular weight excluding hydrogens is 216 g/mol. The number of unbranched alkanes of at least 4 members (excludes halogenated alkanes) is 1. The quantitative estimate of drug-likeness (QED) is 0.606. The van der Waals surface area contributed by atoms with E-state index in [4.69, 9.17) is 0 Å². The number of allylic oxidation sites excluding steroid dienone is 1. The molecule has 5 nitrogen and oxygen atoms in total. The van der Waals surface area contributed by atoms with Gasteiger partial charge in [0.2, 0.25) is 5.82 Å². The van der Waals surface area contributed by atoms with Crippen LogP contribution in [0.3, 0.4) is 0 Å². The summed E-state index contributed by atoms with van der Waals surface area (Å²) in [6, 6.07) is 0. The van der Waals surface area contributed by atoms with Gasteiger partial charge in [0.05, 0.1) is 0 Å². The monoisotopic (exact) mass is 236 g/mol. The molecule has 1 rings (SSSR count). The van der Waals surface area contributed by atoms with Gasteiger partial charge in [0.25, 0.3) is 5.91 Å². The number of carbonyl (C=O) groups is 1. The number of aromatic nitrogens is 3. The molecule has 0 aliphatic carbocycles. The molecule has 0 bridgehead atoms. The minimum atomic E-state index is -0.141. The minimum Gasteiger partial charge on any atom is -0.339 e. The van der Waals surface area contributed by atoms with Crippen molar-refractivity contribution in [2.24, 2.45) is 0 Å². The van der Waals surface area contributed by atoms with Crippen molar-refractivity contribution in [3.8, 4) is 0 Å². The topological polar surface area (TPSA) is 61.9 Å². The Balaban J connectivity index is 2.58. The highest BCUT2D eigenvalue weighted by Gasteiger charge is 2.17. The molecule has 1 aromatic heterocycles. The molecule has 17 heavy (non-hydrogen) atoms. The minimum absolute atomic E-state index is 0.141. The molecule has 0 spiro atoms. The molecule has 0 fully saturated rings. The first kappa shape index (κ1) is 13.4. The molecule has 0 unspecified atom stereocenters. The Labute approximate surface area is 102 Å². The normalized spacial score (nSPS) is 10.6. The van der Waals surface area contributed by atoms with E-state index in [0.717, 1.165) is 18.7 Å². The summed E-state index contributed by atoms with van der Waals surface area (Å²) in [5.41, 5.74) is 0. The second-order valence-electron chi connectivity index (χ2n) is 4.36. The maximum Gasteiger partial charge on any atom is 0.293 e. The van der Waals surface area contributed by atoms with Crippen LogP contribution < -0.4 is 0 Å². The van der Waals surface area contributed by atoms with Crippen molar-refractivity contribution >= 4 is 5.91 Å². The van der Waals surface area contributed by atoms with Gasteiger partial charge in [-0.3, -0.25) is 9.89 Å². The summed E-state index contributed by atoms with van der Waals surface area (Å²) in [5.74, 6) is 1.09. The molecular formula is C12H20N4O. The van der Waals surface area contributed by atoms with Crippen LogP contribution in [0.2, 0.25) is 0 Å². The molecule has 1 amide bonds. The van der Waals surface area contributed by atoms with Gasteiger partial charge in [-0.1, -0.05) is 19.9 Å². The van der Waals surface area contributed by atoms with Gasteiger partial charge in [-0.05, 0) is 12.8 Å². The van der Waals surface area contributed by atoms with E-state index in [-0.39, 0.29) is 17.6 Å². The van der Waals surface area contributed by atoms with Gasteiger partial charge in [0, 0.05) is 19.5 Å². The highest BCUT2D eigenvalue weighted by molar-refractivity contribution is 5.90. The van der Waals surface area contributed by atoms with E-state index in [0.29, 0.717) is 6.54 Å². The van der Waals surface area contributed by atoms with E-state index in [1.807, 2.05) is 19.9 Å². The summed E-state index contributed by atoms with van der Waals surface area (Å²) in [6.45, 7) is 8.35. The maximum atomic E-state index is 11.9. The lowest BCUT2D eigenvalue weighted by molar-refractivity contribution is 0.0782. The van der Waals surface area contributed by atoms with Crippen LogP contribution in [0, 0.1) is 0 Å². The standard InChI is InChI=1S/C12H20N4O/c1-5-6-7-8-16(4)12(17)11-13-10(9(2)3)14-15-11/h5,9H,1,6-8H2,2-4H3,(H,13,14,15). The van der Waals surface area contributed by atoms with Gasteiger partial charge < -0.3 is 4.90 Å². The molecule has 0 aliphatic heterocycles. The molecule has 1 heterocycles. The van der Waals surface area contributed by atoms with E-state index in [1.165, 1.54) is 0 Å². The predicted molar refractivity (Wildman–Crippen MR) is 66.9 cm³/mol. The van der Waals surface area contributed by atoms with Crippen LogP contribution in [0.25, 0.3) is 0 Å². The summed E-state index contributed by atoms with van der Waals surface area (Å²) in [4.78, 5) is 17.7. The average molecular weight is 236 g/mol. The lowest BCUT2D eigenvalue weighted by Gasteiger charge is -2.14. The van der Waals surface area contributed by atoms with Gasteiger partial charge in [-0.15, -0.1) is 11.7 Å². The third-order valence-electron chi connectivity index (χ3n) is 2.49. The lowest BCUT2D eigenvalue weighted by Crippen LogP contribution is -2.28. The SMILES string of the molecule is C=CCCCN(C)C(=O)c1n[nH]c(C(C)C)n1. The van der Waals surface area contributed by atoms with E-state index in [9.17, 15) is 4.79 Å². The molecule has 0 radical (unpaired) electrons. The summed E-state index contributed by atoms with van der Waals surface area (Å²) in [5, 5.41) is 6.72. The van der Waals surface area contributed by atoms with Crippen molar-refractivity contribution in [2.45, 2.75) is 32.6 Å². The Morgan fingerprint density at radius 1 is 1.59 bits per heavy atom. The number of carbonyl (C=O) groups excluding carboxylic acids is 1. The Kier molecular flexibility index (Phi) is 4.87. The molecule has 0 saturated carbocycles. The molecule has 1 aromatic rings. The summed E-state index contributed by atoms with van der Waals surface area (Å²) >= 11 is 0. The number of amides is 1. The summed E-state index contributed by atoms with van der Waals surface area (Å²) in [7, 11) is 1.76. The van der Waals surface area contributed by atoms with Crippen molar-refractivity contribution in [3.05, 3.63) is 24.3 Å². The number of aromatic amines is 1. The van der Waals surface area contributed by atoms with Crippen molar-refractivity contribution in [2.75, 3.05) is 13.6 Å². The van der Waals surface area contributed by atoms with E-state index in [1.54, 1.807) is 11.9 Å². The van der Waals surface area contributed by atoms with Crippen LogP contribution in [-0.4, -0.2) is 39.6 Å². The Morgan fingerprint density at radius 2 is 2.29 bits per heavy atom. The maximum absolute atomic E-state index is 11.9. The first-order chi connectivity index (χ1) is 8.06. The molecule has 1 N–H and O–H groups in total. The first-order valence-corrected chi connectivity index (χ1v) is 5.85. The fourth-order valence-electron chi connectivity index (χ4n) is 1.37. The predicted octanol–water partition coefficient (Wildman–Crippen LogP) is 1.97. The van der Waals surface area contributed by atoms with Crippen LogP contribution in [-0.2, 0) is 0 Å². The lowest BCUT2D eigenvalue weighted by atomic mass is 10.2. The third kappa shape index (κ3) is 3.69. The van der Waals surface area contributed by atoms with Crippen LogP contribution in [0.5, 0.6) is 0 Å². The van der Waals surface area contributed by atoms with Crippen molar-refractivity contribution < 1.29 is 4.79 Å². The number of hydrogen-bond donors (Lipinski definition) is 1. The van der Waals surface area contributed by atoms with Crippen LogP contribution in [0.1, 0.15) is 49.1 Å². The van der Waals surface area contributed by atoms with Gasteiger partial charge in [-0.25, -0.2) is 4.98 Å². The fourth-order valence-corrected chi connectivity index (χ4v) is 1.37. The molecule has 0 saturated heterocycles. The highest BCUT2D eigenvalue weighted by Crippen LogP contribution is 2.08. The van der Waals surface area contributed by atoms with Crippen LogP contribution in [0.4, 0.5) is 0 Å². The van der Waals surface area contributed by atoms with Gasteiger partial charge in [0.15, 0.2) is 0 Å². The fraction of sp³-hybridized carbons (Fsp3) is 0.583. The summed E-state index contributed by atoms with van der Waals surface area (Å²) in [6.07, 6.45) is 3.66. The number of hydrogen-bond acceptors (Lipinski definition) is 3. The number of nitrogens with one attached hydrogen (secondary N) is 1.